The average Bonchev–Trinajstić information content (AvgIpc) is 3.33. The molecule has 2 fully saturated rings. The minimum atomic E-state index is -0.474. The number of hydrogen-bond donors (Lipinski definition) is 1. The van der Waals surface area contributed by atoms with Crippen molar-refractivity contribution in [1.82, 2.24) is 19.4 Å². The van der Waals surface area contributed by atoms with Crippen LogP contribution in [0.5, 0.6) is 5.75 Å². The van der Waals surface area contributed by atoms with E-state index in [1.165, 1.54) is 0 Å². The van der Waals surface area contributed by atoms with Gasteiger partial charge in [-0.15, -0.1) is 0 Å². The number of amides is 1. The van der Waals surface area contributed by atoms with Crippen molar-refractivity contribution in [1.29, 1.82) is 0 Å². The number of piperidine rings is 1. The number of aliphatic imine (C=N–C) groups is 1. The topological polar surface area (TPSA) is 107 Å². The standard InChI is InChI=1S/C29H40N6O4/c1-29(2,3)39-28(36)34-8-6-21(7-9-34)16-31-17-23(15-30)22-4-5-25-26(14-22)38-20-27-32-24(19-35(25)27)18-33-10-12-37-13-11-33/h4-5,14-15,17,19,21H,6-13,16,18,20,30H2,1-3H3. The summed E-state index contributed by atoms with van der Waals surface area (Å²) >= 11 is 0. The van der Waals surface area contributed by atoms with Crippen molar-refractivity contribution in [2.75, 3.05) is 45.9 Å². The number of benzene rings is 1. The van der Waals surface area contributed by atoms with Gasteiger partial charge in [-0.05, 0) is 57.2 Å². The molecular formula is C29H40N6O4. The van der Waals surface area contributed by atoms with Gasteiger partial charge in [-0.2, -0.15) is 0 Å². The first-order chi connectivity index (χ1) is 18.8. The van der Waals surface area contributed by atoms with E-state index in [1.54, 1.807) is 11.1 Å². The molecule has 1 amide bonds. The number of imidazole rings is 1. The lowest BCUT2D eigenvalue weighted by atomic mass is 9.97. The molecule has 3 aliphatic heterocycles. The summed E-state index contributed by atoms with van der Waals surface area (Å²) in [6.07, 6.45) is 7.12. The quantitative estimate of drug-likeness (QED) is 0.562. The molecule has 0 unspecified atom stereocenters. The lowest BCUT2D eigenvalue weighted by Gasteiger charge is -2.32. The highest BCUT2D eigenvalue weighted by Gasteiger charge is 2.27. The zero-order valence-corrected chi connectivity index (χ0v) is 23.3. The zero-order chi connectivity index (χ0) is 27.4. The van der Waals surface area contributed by atoms with Crippen molar-refractivity contribution < 1.29 is 19.0 Å². The first kappa shape index (κ1) is 27.2. The Bertz CT molecular complexity index is 1220. The third kappa shape index (κ3) is 6.80. The molecule has 3 aliphatic rings. The molecule has 10 heteroatoms. The van der Waals surface area contributed by atoms with E-state index >= 15 is 0 Å². The highest BCUT2D eigenvalue weighted by atomic mass is 16.6. The van der Waals surface area contributed by atoms with Gasteiger partial charge in [0.1, 0.15) is 18.0 Å². The van der Waals surface area contributed by atoms with Crippen molar-refractivity contribution in [3.05, 3.63) is 47.7 Å². The van der Waals surface area contributed by atoms with E-state index < -0.39 is 5.60 Å². The number of carbonyl (C=O) groups excluding carboxylic acids is 1. The van der Waals surface area contributed by atoms with Gasteiger partial charge in [-0.1, -0.05) is 6.07 Å². The summed E-state index contributed by atoms with van der Waals surface area (Å²) in [6.45, 7) is 12.4. The van der Waals surface area contributed by atoms with E-state index in [0.717, 1.165) is 79.8 Å². The number of rotatable bonds is 6. The molecule has 39 heavy (non-hydrogen) atoms. The van der Waals surface area contributed by atoms with Crippen molar-refractivity contribution in [2.24, 2.45) is 16.6 Å². The Morgan fingerprint density at radius 1 is 1.21 bits per heavy atom. The molecule has 10 nitrogen and oxygen atoms in total. The highest BCUT2D eigenvalue weighted by molar-refractivity contribution is 6.09. The summed E-state index contributed by atoms with van der Waals surface area (Å²) in [5.74, 6) is 2.14. The fourth-order valence-corrected chi connectivity index (χ4v) is 5.14. The fraction of sp³-hybridized carbons (Fsp3) is 0.552. The van der Waals surface area contributed by atoms with Gasteiger partial charge in [0, 0.05) is 63.5 Å². The van der Waals surface area contributed by atoms with Crippen LogP contribution in [0.4, 0.5) is 4.79 Å². The Labute approximate surface area is 230 Å². The van der Waals surface area contributed by atoms with Gasteiger partial charge in [0.2, 0.25) is 0 Å². The maximum atomic E-state index is 12.3. The lowest BCUT2D eigenvalue weighted by Crippen LogP contribution is -2.42. The maximum absolute atomic E-state index is 12.3. The number of hydrogen-bond acceptors (Lipinski definition) is 8. The second-order valence-electron chi connectivity index (χ2n) is 11.4. The molecule has 1 aromatic carbocycles. The average molecular weight is 537 g/mol. The summed E-state index contributed by atoms with van der Waals surface area (Å²) in [4.78, 5) is 26.0. The van der Waals surface area contributed by atoms with Crippen molar-refractivity contribution in [3.63, 3.8) is 0 Å². The predicted octanol–water partition coefficient (Wildman–Crippen LogP) is 3.61. The largest absolute Gasteiger partial charge is 0.483 e. The van der Waals surface area contributed by atoms with E-state index in [9.17, 15) is 4.79 Å². The third-order valence-electron chi connectivity index (χ3n) is 7.27. The normalized spacial score (nSPS) is 19.1. The number of allylic oxidation sites excluding steroid dienone is 1. The number of nitrogens with two attached hydrogens (primary N) is 1. The molecule has 0 atom stereocenters. The number of likely N-dealkylation sites (tertiary alicyclic amines) is 1. The van der Waals surface area contributed by atoms with Gasteiger partial charge in [0.15, 0.2) is 5.82 Å². The van der Waals surface area contributed by atoms with E-state index in [4.69, 9.17) is 29.9 Å². The van der Waals surface area contributed by atoms with Gasteiger partial charge in [0.05, 0.1) is 24.6 Å². The van der Waals surface area contributed by atoms with Gasteiger partial charge in [-0.3, -0.25) is 14.5 Å². The second kappa shape index (κ2) is 11.8. The number of nitrogens with zero attached hydrogens (tertiary/aromatic N) is 5. The monoisotopic (exact) mass is 536 g/mol. The van der Waals surface area contributed by atoms with Crippen LogP contribution in [0, 0.1) is 5.92 Å². The molecule has 5 rings (SSSR count). The number of ether oxygens (including phenoxy) is 3. The number of morpholine rings is 1. The molecule has 0 saturated carbocycles. The van der Waals surface area contributed by atoms with Crippen LogP contribution in [0.1, 0.15) is 50.7 Å². The van der Waals surface area contributed by atoms with Crippen molar-refractivity contribution in [2.45, 2.75) is 52.4 Å². The van der Waals surface area contributed by atoms with Crippen LogP contribution in [0.15, 0.2) is 35.6 Å². The van der Waals surface area contributed by atoms with Crippen molar-refractivity contribution >= 4 is 17.9 Å². The summed E-state index contributed by atoms with van der Waals surface area (Å²) in [5.41, 5.74) is 9.33. The molecule has 1 aromatic heterocycles. The minimum Gasteiger partial charge on any atom is -0.483 e. The molecule has 0 bridgehead atoms. The number of carbonyl (C=O) groups is 1. The van der Waals surface area contributed by atoms with Gasteiger partial charge >= 0.3 is 6.09 Å². The highest BCUT2D eigenvalue weighted by Crippen LogP contribution is 2.32. The van der Waals surface area contributed by atoms with Crippen LogP contribution < -0.4 is 10.5 Å². The Balaban J connectivity index is 1.17. The van der Waals surface area contributed by atoms with Crippen LogP contribution in [-0.4, -0.2) is 83.2 Å². The molecular weight excluding hydrogens is 496 g/mol. The Morgan fingerprint density at radius 3 is 2.69 bits per heavy atom. The summed E-state index contributed by atoms with van der Waals surface area (Å²) in [7, 11) is 0. The smallest absolute Gasteiger partial charge is 0.410 e. The molecule has 210 valence electrons. The third-order valence-corrected chi connectivity index (χ3v) is 7.27. The maximum Gasteiger partial charge on any atom is 0.410 e. The Kier molecular flexibility index (Phi) is 8.23. The van der Waals surface area contributed by atoms with Crippen LogP contribution in [0.3, 0.4) is 0 Å². The van der Waals surface area contributed by atoms with E-state index in [0.29, 0.717) is 32.2 Å². The molecule has 0 aliphatic carbocycles. The van der Waals surface area contributed by atoms with E-state index in [2.05, 4.69) is 21.7 Å². The SMILES string of the molecule is CC(C)(C)OC(=O)N1CCC(CN=CC(=CN)c2ccc3c(c2)OCc2nc(CN4CCOCC4)cn2-3)CC1. The van der Waals surface area contributed by atoms with Crippen molar-refractivity contribution in [3.8, 4) is 11.4 Å². The summed E-state index contributed by atoms with van der Waals surface area (Å²) in [6, 6.07) is 6.12. The van der Waals surface area contributed by atoms with Crippen LogP contribution in [0.2, 0.25) is 0 Å². The fourth-order valence-electron chi connectivity index (χ4n) is 5.14. The number of aromatic nitrogens is 2. The second-order valence-corrected chi connectivity index (χ2v) is 11.4. The molecule has 0 radical (unpaired) electrons. The van der Waals surface area contributed by atoms with Gasteiger partial charge < -0.3 is 24.8 Å². The first-order valence-corrected chi connectivity index (χ1v) is 13.8. The van der Waals surface area contributed by atoms with Crippen LogP contribution >= 0.6 is 0 Å². The van der Waals surface area contributed by atoms with E-state index in [-0.39, 0.29) is 6.09 Å². The Morgan fingerprint density at radius 2 is 1.97 bits per heavy atom. The lowest BCUT2D eigenvalue weighted by molar-refractivity contribution is 0.0187. The zero-order valence-electron chi connectivity index (χ0n) is 23.3. The number of fused-ring (bicyclic) bond motifs is 3. The molecule has 2 aromatic rings. The van der Waals surface area contributed by atoms with Gasteiger partial charge in [0.25, 0.3) is 0 Å². The van der Waals surface area contributed by atoms with Gasteiger partial charge in [-0.25, -0.2) is 9.78 Å². The summed E-state index contributed by atoms with van der Waals surface area (Å²) < 4.78 is 19.2. The van der Waals surface area contributed by atoms with Crippen LogP contribution in [0.25, 0.3) is 11.3 Å². The molecule has 4 heterocycles. The molecule has 0 spiro atoms. The predicted molar refractivity (Wildman–Crippen MR) is 150 cm³/mol. The minimum absolute atomic E-state index is 0.233. The molecule has 2 N–H and O–H groups in total. The first-order valence-electron chi connectivity index (χ1n) is 13.8. The summed E-state index contributed by atoms with van der Waals surface area (Å²) in [5, 5.41) is 0. The van der Waals surface area contributed by atoms with Crippen LogP contribution in [-0.2, 0) is 22.6 Å². The molecule has 2 saturated heterocycles. The van der Waals surface area contributed by atoms with E-state index in [1.807, 2.05) is 39.1 Å². The Hall–Kier alpha value is -3.37.